The average molecular weight is 388 g/mol. The van der Waals surface area contributed by atoms with E-state index in [4.69, 9.17) is 9.47 Å². The number of benzene rings is 1. The van der Waals surface area contributed by atoms with Crippen LogP contribution in [0.5, 0.6) is 5.75 Å². The van der Waals surface area contributed by atoms with Gasteiger partial charge in [-0.1, -0.05) is 12.1 Å². The minimum absolute atomic E-state index is 0.556. The van der Waals surface area contributed by atoms with Crippen LogP contribution in [0.25, 0.3) is 0 Å². The van der Waals surface area contributed by atoms with Crippen molar-refractivity contribution >= 4 is 5.96 Å². The Kier molecular flexibility index (Phi) is 9.34. The highest BCUT2D eigenvalue weighted by molar-refractivity contribution is 5.79. The van der Waals surface area contributed by atoms with E-state index in [0.29, 0.717) is 19.8 Å². The molecule has 2 rings (SSSR count). The van der Waals surface area contributed by atoms with Crippen LogP contribution >= 0.6 is 0 Å². The van der Waals surface area contributed by atoms with Gasteiger partial charge in [-0.25, -0.2) is 4.99 Å². The molecule has 154 valence electrons. The van der Waals surface area contributed by atoms with Crippen LogP contribution in [0.1, 0.15) is 30.3 Å². The predicted octanol–water partition coefficient (Wildman–Crippen LogP) is 2.67. The number of aliphatic imine (C=N–C) groups is 1. The highest BCUT2D eigenvalue weighted by Gasteiger charge is 2.02. The number of guanidine groups is 1. The first kappa shape index (κ1) is 21.8. The van der Waals surface area contributed by atoms with Crippen molar-refractivity contribution in [1.29, 1.82) is 0 Å². The number of aromatic nitrogens is 2. The lowest BCUT2D eigenvalue weighted by Gasteiger charge is -2.12. The van der Waals surface area contributed by atoms with Crippen LogP contribution in [-0.2, 0) is 17.8 Å². The van der Waals surface area contributed by atoms with Crippen molar-refractivity contribution in [1.82, 2.24) is 20.4 Å². The Hall–Kier alpha value is -2.54. The van der Waals surface area contributed by atoms with Gasteiger partial charge in [0.15, 0.2) is 5.96 Å². The first-order valence-corrected chi connectivity index (χ1v) is 9.86. The van der Waals surface area contributed by atoms with Crippen molar-refractivity contribution in [2.45, 2.75) is 40.3 Å². The van der Waals surface area contributed by atoms with E-state index in [-0.39, 0.29) is 0 Å². The summed E-state index contributed by atoms with van der Waals surface area (Å²) in [6.07, 6.45) is 0.986. The number of hydrogen-bond donors (Lipinski definition) is 2. The predicted molar refractivity (Wildman–Crippen MR) is 113 cm³/mol. The quantitative estimate of drug-likeness (QED) is 0.352. The molecular formula is C21H33N5O2. The Bertz CT molecular complexity index is 725. The number of nitrogens with zero attached hydrogens (tertiary/aromatic N) is 3. The Balaban J connectivity index is 1.78. The zero-order chi connectivity index (χ0) is 20.2. The lowest BCUT2D eigenvalue weighted by molar-refractivity contribution is 0.146. The van der Waals surface area contributed by atoms with Gasteiger partial charge >= 0.3 is 0 Å². The number of nitrogens with one attached hydrogen (secondary N) is 2. The molecule has 0 bridgehead atoms. The molecule has 0 amide bonds. The van der Waals surface area contributed by atoms with Gasteiger partial charge in [-0.05, 0) is 51.0 Å². The summed E-state index contributed by atoms with van der Waals surface area (Å²) in [6.45, 7) is 10.5. The van der Waals surface area contributed by atoms with Crippen molar-refractivity contribution in [3.8, 4) is 5.75 Å². The minimum atomic E-state index is 0.556. The molecule has 2 aromatic rings. The molecule has 2 N–H and O–H groups in total. The highest BCUT2D eigenvalue weighted by Crippen LogP contribution is 2.12. The van der Waals surface area contributed by atoms with E-state index in [9.17, 15) is 0 Å². The van der Waals surface area contributed by atoms with Gasteiger partial charge in [0.1, 0.15) is 12.4 Å². The number of aryl methyl sites for hydroxylation is 3. The fourth-order valence-corrected chi connectivity index (χ4v) is 2.78. The fraction of sp³-hybridized carbons (Fsp3) is 0.524. The first-order valence-electron chi connectivity index (χ1n) is 9.86. The van der Waals surface area contributed by atoms with Crippen LogP contribution in [0.3, 0.4) is 0 Å². The maximum absolute atomic E-state index is 5.58. The second-order valence-electron chi connectivity index (χ2n) is 6.61. The van der Waals surface area contributed by atoms with Crippen LogP contribution in [0.15, 0.2) is 35.3 Å². The average Bonchev–Trinajstić information content (AvgIpc) is 3.01. The Morgan fingerprint density at radius 1 is 1.14 bits per heavy atom. The van der Waals surface area contributed by atoms with E-state index in [1.165, 1.54) is 5.69 Å². The van der Waals surface area contributed by atoms with Gasteiger partial charge in [-0.3, -0.25) is 4.68 Å². The smallest absolute Gasteiger partial charge is 0.191 e. The summed E-state index contributed by atoms with van der Waals surface area (Å²) in [5, 5.41) is 11.2. The molecule has 1 aromatic heterocycles. The van der Waals surface area contributed by atoms with Crippen LogP contribution in [0.4, 0.5) is 0 Å². The van der Waals surface area contributed by atoms with Crippen molar-refractivity contribution in [3.63, 3.8) is 0 Å². The Labute approximate surface area is 168 Å². The summed E-state index contributed by atoms with van der Waals surface area (Å²) in [4.78, 5) is 4.67. The number of ether oxygens (including phenoxy) is 2. The summed E-state index contributed by atoms with van der Waals surface area (Å²) < 4.78 is 12.6. The van der Waals surface area contributed by atoms with Gasteiger partial charge in [0.05, 0.1) is 18.8 Å². The molecule has 0 radical (unpaired) electrons. The van der Waals surface area contributed by atoms with Crippen molar-refractivity contribution in [2.24, 2.45) is 4.99 Å². The maximum Gasteiger partial charge on any atom is 0.191 e. The highest BCUT2D eigenvalue weighted by atomic mass is 16.5. The van der Waals surface area contributed by atoms with Gasteiger partial charge in [-0.15, -0.1) is 0 Å². The summed E-state index contributed by atoms with van der Waals surface area (Å²) >= 11 is 0. The van der Waals surface area contributed by atoms with E-state index in [1.54, 1.807) is 7.11 Å². The molecule has 7 heteroatoms. The molecule has 0 atom stereocenters. The molecule has 28 heavy (non-hydrogen) atoms. The Morgan fingerprint density at radius 3 is 2.57 bits per heavy atom. The maximum atomic E-state index is 5.58. The third-order valence-corrected chi connectivity index (χ3v) is 4.19. The first-order chi connectivity index (χ1) is 13.6. The molecule has 1 heterocycles. The Morgan fingerprint density at radius 2 is 1.93 bits per heavy atom. The molecular weight excluding hydrogens is 354 g/mol. The van der Waals surface area contributed by atoms with Crippen LogP contribution in [-0.4, -0.2) is 49.2 Å². The zero-order valence-corrected chi connectivity index (χ0v) is 17.5. The summed E-state index contributed by atoms with van der Waals surface area (Å²) in [5.74, 6) is 1.68. The van der Waals surface area contributed by atoms with E-state index >= 15 is 0 Å². The fourth-order valence-electron chi connectivity index (χ4n) is 2.78. The largest absolute Gasteiger partial charge is 0.491 e. The van der Waals surface area contributed by atoms with Crippen molar-refractivity contribution < 1.29 is 9.47 Å². The van der Waals surface area contributed by atoms with Gasteiger partial charge in [-0.2, -0.15) is 5.10 Å². The third kappa shape index (κ3) is 7.60. The lowest BCUT2D eigenvalue weighted by atomic mass is 10.2. The van der Waals surface area contributed by atoms with Gasteiger partial charge in [0, 0.05) is 32.4 Å². The molecule has 0 saturated heterocycles. The van der Waals surface area contributed by atoms with Crippen LogP contribution < -0.4 is 15.4 Å². The van der Waals surface area contributed by atoms with E-state index < -0.39 is 0 Å². The van der Waals surface area contributed by atoms with E-state index in [2.05, 4.69) is 45.3 Å². The molecule has 0 unspecified atom stereocenters. The third-order valence-electron chi connectivity index (χ3n) is 4.19. The molecule has 0 saturated carbocycles. The summed E-state index contributed by atoms with van der Waals surface area (Å²) in [7, 11) is 1.67. The number of rotatable bonds is 11. The van der Waals surface area contributed by atoms with Gasteiger partial charge in [0.2, 0.25) is 0 Å². The monoisotopic (exact) mass is 387 g/mol. The molecule has 0 aliphatic heterocycles. The van der Waals surface area contributed by atoms with E-state index in [1.807, 2.05) is 31.2 Å². The summed E-state index contributed by atoms with van der Waals surface area (Å²) in [5.41, 5.74) is 3.40. The lowest BCUT2D eigenvalue weighted by Crippen LogP contribution is -2.38. The summed E-state index contributed by atoms with van der Waals surface area (Å²) in [6, 6.07) is 10.1. The zero-order valence-electron chi connectivity index (χ0n) is 17.5. The molecule has 0 fully saturated rings. The number of methoxy groups -OCH3 is 1. The topological polar surface area (TPSA) is 72.7 Å². The molecule has 7 nitrogen and oxygen atoms in total. The van der Waals surface area contributed by atoms with Crippen LogP contribution in [0, 0.1) is 13.8 Å². The molecule has 0 spiro atoms. The van der Waals surface area contributed by atoms with Gasteiger partial charge in [0.25, 0.3) is 0 Å². The molecule has 0 aliphatic carbocycles. The second-order valence-corrected chi connectivity index (χ2v) is 6.61. The second kappa shape index (κ2) is 12.0. The van der Waals surface area contributed by atoms with Crippen molar-refractivity contribution in [2.75, 3.05) is 33.4 Å². The minimum Gasteiger partial charge on any atom is -0.491 e. The van der Waals surface area contributed by atoms with Gasteiger partial charge < -0.3 is 20.1 Å². The SMILES string of the molecule is CCNC(=NCc1ccc(OCCOC)cc1)NCCCn1nc(C)cc1C. The molecule has 0 aliphatic rings. The van der Waals surface area contributed by atoms with E-state index in [0.717, 1.165) is 49.0 Å². The van der Waals surface area contributed by atoms with Crippen LogP contribution in [0.2, 0.25) is 0 Å². The normalized spacial score (nSPS) is 11.5. The van der Waals surface area contributed by atoms with Crippen molar-refractivity contribution in [3.05, 3.63) is 47.3 Å². The molecule has 1 aromatic carbocycles. The number of hydrogen-bond acceptors (Lipinski definition) is 4. The standard InChI is InChI=1S/C21H33N5O2/c1-5-22-21(23-11-6-12-26-18(3)15-17(2)25-26)24-16-19-7-9-20(10-8-19)28-14-13-27-4/h7-10,15H,5-6,11-14,16H2,1-4H3,(H2,22,23,24).